The van der Waals surface area contributed by atoms with Crippen LogP contribution in [0.3, 0.4) is 0 Å². The molecule has 3 aromatic rings. The van der Waals surface area contributed by atoms with E-state index in [-0.39, 0.29) is 11.7 Å². The highest BCUT2D eigenvalue weighted by molar-refractivity contribution is 5.99. The van der Waals surface area contributed by atoms with Gasteiger partial charge in [-0.3, -0.25) is 9.89 Å². The van der Waals surface area contributed by atoms with Crippen molar-refractivity contribution in [1.82, 2.24) is 20.0 Å². The Balaban J connectivity index is 1.29. The monoisotopic (exact) mass is 450 g/mol. The molecule has 6 nitrogen and oxygen atoms in total. The fourth-order valence-electron chi connectivity index (χ4n) is 4.45. The molecule has 1 fully saturated rings. The van der Waals surface area contributed by atoms with Crippen molar-refractivity contribution in [3.05, 3.63) is 71.7 Å². The maximum Gasteiger partial charge on any atom is 0.257 e. The normalized spacial score (nSPS) is 14.9. The van der Waals surface area contributed by atoms with E-state index in [1.54, 1.807) is 13.3 Å². The molecule has 1 aliphatic heterocycles. The molecule has 0 bridgehead atoms. The van der Waals surface area contributed by atoms with Gasteiger partial charge in [0.1, 0.15) is 11.6 Å². The predicted octanol–water partition coefficient (Wildman–Crippen LogP) is 4.25. The highest BCUT2D eigenvalue weighted by Crippen LogP contribution is 2.26. The van der Waals surface area contributed by atoms with E-state index < -0.39 is 0 Å². The standard InChI is InChI=1S/C26H31FN4O2/c1-30(26(32)24-17-28-29-25(24)21-4-3-5-23(16-21)33-2)18-20-11-14-31(15-12-20)13-10-19-6-8-22(27)9-7-19/h3-9,16-17,20H,10-15,18H2,1-2H3,(H,28,29). The highest BCUT2D eigenvalue weighted by atomic mass is 19.1. The lowest BCUT2D eigenvalue weighted by atomic mass is 9.95. The number of halogens is 1. The zero-order chi connectivity index (χ0) is 23.2. The van der Waals surface area contributed by atoms with Gasteiger partial charge in [0.05, 0.1) is 24.6 Å². The first-order valence-electron chi connectivity index (χ1n) is 11.4. The van der Waals surface area contributed by atoms with Crippen molar-refractivity contribution in [2.24, 2.45) is 5.92 Å². The largest absolute Gasteiger partial charge is 0.497 e. The van der Waals surface area contributed by atoms with Gasteiger partial charge in [0, 0.05) is 25.7 Å². The van der Waals surface area contributed by atoms with Crippen LogP contribution in [-0.4, -0.2) is 66.2 Å². The van der Waals surface area contributed by atoms with Crippen LogP contribution < -0.4 is 4.74 Å². The topological polar surface area (TPSA) is 61.5 Å². The van der Waals surface area contributed by atoms with Gasteiger partial charge in [-0.05, 0) is 68.1 Å². The number of aromatic nitrogens is 2. The van der Waals surface area contributed by atoms with Crippen molar-refractivity contribution < 1.29 is 13.9 Å². The van der Waals surface area contributed by atoms with Crippen LogP contribution in [0.25, 0.3) is 11.3 Å². The SMILES string of the molecule is COc1cccc(-c2[nH]ncc2C(=O)N(C)CC2CCN(CCc3ccc(F)cc3)CC2)c1. The van der Waals surface area contributed by atoms with Gasteiger partial charge in [-0.2, -0.15) is 5.10 Å². The summed E-state index contributed by atoms with van der Waals surface area (Å²) >= 11 is 0. The van der Waals surface area contributed by atoms with Gasteiger partial charge in [-0.25, -0.2) is 4.39 Å². The van der Waals surface area contributed by atoms with E-state index in [0.29, 0.717) is 17.2 Å². The van der Waals surface area contributed by atoms with Crippen LogP contribution in [0.15, 0.2) is 54.7 Å². The van der Waals surface area contributed by atoms with Crippen molar-refractivity contribution >= 4 is 5.91 Å². The third-order valence-corrected chi connectivity index (χ3v) is 6.44. The van der Waals surface area contributed by atoms with Crippen molar-refractivity contribution in [2.45, 2.75) is 19.3 Å². The van der Waals surface area contributed by atoms with Crippen LogP contribution in [0, 0.1) is 11.7 Å². The van der Waals surface area contributed by atoms with Gasteiger partial charge in [0.15, 0.2) is 0 Å². The number of H-pyrrole nitrogens is 1. The number of hydrogen-bond acceptors (Lipinski definition) is 4. The van der Waals surface area contributed by atoms with Crippen molar-refractivity contribution in [1.29, 1.82) is 0 Å². The van der Waals surface area contributed by atoms with E-state index in [1.807, 2.05) is 48.3 Å². The number of nitrogens with one attached hydrogen (secondary N) is 1. The molecule has 4 rings (SSSR count). The van der Waals surface area contributed by atoms with Gasteiger partial charge in [0.2, 0.25) is 0 Å². The summed E-state index contributed by atoms with van der Waals surface area (Å²) in [6.45, 7) is 3.75. The number of piperidine rings is 1. The Kier molecular flexibility index (Phi) is 7.40. The second-order valence-corrected chi connectivity index (χ2v) is 8.74. The van der Waals surface area contributed by atoms with Crippen LogP contribution in [0.4, 0.5) is 4.39 Å². The van der Waals surface area contributed by atoms with E-state index in [0.717, 1.165) is 62.3 Å². The maximum atomic E-state index is 13.2. The van der Waals surface area contributed by atoms with Crippen LogP contribution in [0.2, 0.25) is 0 Å². The molecule has 0 unspecified atom stereocenters. The highest BCUT2D eigenvalue weighted by Gasteiger charge is 2.24. The number of methoxy groups -OCH3 is 1. The number of nitrogens with zero attached hydrogens (tertiary/aromatic N) is 3. The summed E-state index contributed by atoms with van der Waals surface area (Å²) in [4.78, 5) is 17.4. The molecule has 0 saturated carbocycles. The first kappa shape index (κ1) is 23.0. The summed E-state index contributed by atoms with van der Waals surface area (Å²) < 4.78 is 18.4. The fraction of sp³-hybridized carbons (Fsp3) is 0.385. The molecule has 1 N–H and O–H groups in total. The van der Waals surface area contributed by atoms with Gasteiger partial charge in [0.25, 0.3) is 5.91 Å². The molecule has 2 aromatic carbocycles. The minimum Gasteiger partial charge on any atom is -0.497 e. The molecule has 0 atom stereocenters. The molecule has 0 radical (unpaired) electrons. The average molecular weight is 451 g/mol. The quantitative estimate of drug-likeness (QED) is 0.557. The minimum absolute atomic E-state index is 0.0275. The predicted molar refractivity (Wildman–Crippen MR) is 127 cm³/mol. The number of ether oxygens (including phenoxy) is 1. The van der Waals surface area contributed by atoms with E-state index in [1.165, 1.54) is 12.1 Å². The number of hydrogen-bond donors (Lipinski definition) is 1. The summed E-state index contributed by atoms with van der Waals surface area (Å²) in [5, 5.41) is 7.09. The van der Waals surface area contributed by atoms with E-state index in [4.69, 9.17) is 4.74 Å². The Morgan fingerprint density at radius 3 is 2.70 bits per heavy atom. The molecule has 2 heterocycles. The molecule has 1 saturated heterocycles. The van der Waals surface area contributed by atoms with E-state index in [2.05, 4.69) is 15.1 Å². The minimum atomic E-state index is -0.190. The van der Waals surface area contributed by atoms with Gasteiger partial charge in [-0.15, -0.1) is 0 Å². The number of rotatable bonds is 8. The summed E-state index contributed by atoms with van der Waals surface area (Å²) in [5.41, 5.74) is 3.32. The Hall–Kier alpha value is -3.19. The van der Waals surface area contributed by atoms with Crippen molar-refractivity contribution in [2.75, 3.05) is 40.3 Å². The molecule has 33 heavy (non-hydrogen) atoms. The smallest absolute Gasteiger partial charge is 0.257 e. The maximum absolute atomic E-state index is 13.2. The summed E-state index contributed by atoms with van der Waals surface area (Å²) in [5.74, 6) is 0.998. The van der Waals surface area contributed by atoms with Crippen LogP contribution >= 0.6 is 0 Å². The van der Waals surface area contributed by atoms with Crippen LogP contribution in [0.5, 0.6) is 5.75 Å². The van der Waals surface area contributed by atoms with Crippen molar-refractivity contribution in [3.8, 4) is 17.0 Å². The molecule has 0 spiro atoms. The average Bonchev–Trinajstić information content (AvgIpc) is 3.34. The number of benzene rings is 2. The van der Waals surface area contributed by atoms with Gasteiger partial charge in [-0.1, -0.05) is 24.3 Å². The first-order chi connectivity index (χ1) is 16.0. The molecule has 0 aliphatic carbocycles. The molecule has 1 amide bonds. The third kappa shape index (κ3) is 5.79. The zero-order valence-electron chi connectivity index (χ0n) is 19.3. The molecule has 1 aliphatic rings. The Morgan fingerprint density at radius 1 is 1.21 bits per heavy atom. The fourth-order valence-corrected chi connectivity index (χ4v) is 4.45. The summed E-state index contributed by atoms with van der Waals surface area (Å²) in [7, 11) is 3.49. The number of carbonyl (C=O) groups excluding carboxylic acids is 1. The van der Waals surface area contributed by atoms with Crippen LogP contribution in [0.1, 0.15) is 28.8 Å². The summed E-state index contributed by atoms with van der Waals surface area (Å²) in [6.07, 6.45) is 4.66. The van der Waals surface area contributed by atoms with Gasteiger partial charge < -0.3 is 14.5 Å². The number of aromatic amines is 1. The second-order valence-electron chi connectivity index (χ2n) is 8.74. The van der Waals surface area contributed by atoms with E-state index >= 15 is 0 Å². The third-order valence-electron chi connectivity index (χ3n) is 6.44. The van der Waals surface area contributed by atoms with Crippen LogP contribution in [-0.2, 0) is 6.42 Å². The van der Waals surface area contributed by atoms with E-state index in [9.17, 15) is 9.18 Å². The molecule has 1 aromatic heterocycles. The lowest BCUT2D eigenvalue weighted by molar-refractivity contribution is 0.0741. The van der Waals surface area contributed by atoms with Crippen molar-refractivity contribution in [3.63, 3.8) is 0 Å². The first-order valence-corrected chi connectivity index (χ1v) is 11.4. The molecular weight excluding hydrogens is 419 g/mol. The summed E-state index contributed by atoms with van der Waals surface area (Å²) in [6, 6.07) is 14.4. The Morgan fingerprint density at radius 2 is 1.97 bits per heavy atom. The second kappa shape index (κ2) is 10.6. The molecule has 7 heteroatoms. The lowest BCUT2D eigenvalue weighted by Crippen LogP contribution is -2.40. The molecular formula is C26H31FN4O2. The number of amides is 1. The van der Waals surface area contributed by atoms with Gasteiger partial charge >= 0.3 is 0 Å². The zero-order valence-corrected chi connectivity index (χ0v) is 19.3. The number of likely N-dealkylation sites (tertiary alicyclic amines) is 1. The number of carbonyl (C=O) groups is 1. The Bertz CT molecular complexity index is 1060. The molecule has 174 valence electrons. The lowest BCUT2D eigenvalue weighted by Gasteiger charge is -2.34. The Labute approximate surface area is 194 Å².